The largest absolute Gasteiger partial charge is 0.481 e. The highest BCUT2D eigenvalue weighted by molar-refractivity contribution is 9.10. The number of hydrogen-bond donors (Lipinski definition) is 2. The average Bonchev–Trinajstić information content (AvgIpc) is 2.76. The smallest absolute Gasteiger partial charge is 0.344 e. The molecule has 1 amide bonds. The van der Waals surface area contributed by atoms with Crippen LogP contribution in [0, 0.1) is 0 Å². The number of esters is 1. The van der Waals surface area contributed by atoms with Crippen molar-refractivity contribution in [1.29, 1.82) is 0 Å². The van der Waals surface area contributed by atoms with E-state index in [1.165, 1.54) is 0 Å². The summed E-state index contributed by atoms with van der Waals surface area (Å²) < 4.78 is 11.1. The van der Waals surface area contributed by atoms with E-state index < -0.39 is 5.97 Å². The van der Waals surface area contributed by atoms with Crippen LogP contribution in [-0.4, -0.2) is 30.2 Å². The molecule has 2 rings (SSSR count). The molecule has 1 aliphatic rings. The van der Waals surface area contributed by atoms with E-state index in [9.17, 15) is 9.59 Å². The number of hydrogen-bond acceptors (Lipinski definition) is 5. The van der Waals surface area contributed by atoms with E-state index in [2.05, 4.69) is 26.6 Å². The molecule has 0 radical (unpaired) electrons. The molecule has 1 fully saturated rings. The molecular weight excluding hydrogens is 372 g/mol. The van der Waals surface area contributed by atoms with Gasteiger partial charge in [-0.2, -0.15) is 0 Å². The number of ether oxygens (including phenoxy) is 2. The van der Waals surface area contributed by atoms with E-state index in [-0.39, 0.29) is 17.6 Å². The topological polar surface area (TPSA) is 76.7 Å². The highest BCUT2D eigenvalue weighted by Crippen LogP contribution is 2.25. The number of amides is 1. The summed E-state index contributed by atoms with van der Waals surface area (Å²) in [4.78, 5) is 23.0. The lowest BCUT2D eigenvalue weighted by Crippen LogP contribution is -2.21. The van der Waals surface area contributed by atoms with Gasteiger partial charge in [0.2, 0.25) is 0 Å². The molecule has 1 aromatic carbocycles. The number of carbonyl (C=O) groups excluding carboxylic acids is 2. The van der Waals surface area contributed by atoms with E-state index in [1.54, 1.807) is 31.2 Å². The minimum absolute atomic E-state index is 0.205. The number of benzene rings is 1. The van der Waals surface area contributed by atoms with Gasteiger partial charge < -0.3 is 14.8 Å². The van der Waals surface area contributed by atoms with Gasteiger partial charge in [-0.3, -0.25) is 10.1 Å². The molecule has 8 heteroatoms. The molecule has 22 heavy (non-hydrogen) atoms. The second-order valence-electron chi connectivity index (χ2n) is 4.24. The lowest BCUT2D eigenvalue weighted by Gasteiger charge is -2.09. The maximum Gasteiger partial charge on any atom is 0.344 e. The van der Waals surface area contributed by atoms with Gasteiger partial charge in [-0.15, -0.1) is 0 Å². The summed E-state index contributed by atoms with van der Waals surface area (Å²) in [5.41, 5.74) is 0.935. The third-order valence-corrected chi connectivity index (χ3v) is 3.34. The Morgan fingerprint density at radius 1 is 1.41 bits per heavy atom. The lowest BCUT2D eigenvalue weighted by molar-refractivity contribution is -0.145. The molecule has 1 aromatic rings. The van der Waals surface area contributed by atoms with Crippen LogP contribution in [0.4, 0.5) is 0 Å². The minimum Gasteiger partial charge on any atom is -0.481 e. The van der Waals surface area contributed by atoms with Gasteiger partial charge in [0.1, 0.15) is 11.4 Å². The van der Waals surface area contributed by atoms with Crippen molar-refractivity contribution in [1.82, 2.24) is 10.6 Å². The summed E-state index contributed by atoms with van der Waals surface area (Å²) in [6, 6.07) is 5.24. The van der Waals surface area contributed by atoms with Crippen LogP contribution in [0.15, 0.2) is 28.4 Å². The Kier molecular flexibility index (Phi) is 5.51. The predicted molar refractivity (Wildman–Crippen MR) is 88.1 cm³/mol. The SMILES string of the molecule is CCOC(=O)COc1ccc(Br)cc1C=C1NC(=S)NC1=O. The zero-order valence-electron chi connectivity index (χ0n) is 11.6. The normalized spacial score (nSPS) is 15.5. The summed E-state index contributed by atoms with van der Waals surface area (Å²) in [7, 11) is 0. The Bertz CT molecular complexity index is 660. The van der Waals surface area contributed by atoms with Gasteiger partial charge in [-0.1, -0.05) is 15.9 Å². The van der Waals surface area contributed by atoms with Crippen LogP contribution in [-0.2, 0) is 14.3 Å². The van der Waals surface area contributed by atoms with Crippen LogP contribution in [0.25, 0.3) is 6.08 Å². The molecular formula is C14H13BrN2O4S. The Hall–Kier alpha value is -1.93. The number of thiocarbonyl (C=S) groups is 1. The molecule has 0 saturated carbocycles. The predicted octanol–water partition coefficient (Wildman–Crippen LogP) is 1.74. The van der Waals surface area contributed by atoms with Crippen molar-refractivity contribution < 1.29 is 19.1 Å². The molecule has 0 atom stereocenters. The highest BCUT2D eigenvalue weighted by Gasteiger charge is 2.20. The molecule has 1 heterocycles. The summed E-state index contributed by atoms with van der Waals surface area (Å²) in [5, 5.41) is 5.48. The molecule has 0 spiro atoms. The van der Waals surface area contributed by atoms with E-state index in [1.807, 2.05) is 0 Å². The van der Waals surface area contributed by atoms with Gasteiger partial charge in [-0.05, 0) is 43.4 Å². The van der Waals surface area contributed by atoms with Crippen molar-refractivity contribution in [2.75, 3.05) is 13.2 Å². The molecule has 0 bridgehead atoms. The quantitative estimate of drug-likeness (QED) is 0.457. The first-order valence-corrected chi connectivity index (χ1v) is 7.61. The van der Waals surface area contributed by atoms with Crippen molar-refractivity contribution in [2.45, 2.75) is 6.92 Å². The van der Waals surface area contributed by atoms with E-state index in [0.29, 0.717) is 23.6 Å². The van der Waals surface area contributed by atoms with Gasteiger partial charge in [0.15, 0.2) is 11.7 Å². The van der Waals surface area contributed by atoms with Crippen LogP contribution >= 0.6 is 28.1 Å². The molecule has 6 nitrogen and oxygen atoms in total. The first-order valence-electron chi connectivity index (χ1n) is 6.41. The maximum atomic E-state index is 11.7. The molecule has 1 aliphatic heterocycles. The van der Waals surface area contributed by atoms with Crippen LogP contribution < -0.4 is 15.4 Å². The molecule has 0 aliphatic carbocycles. The van der Waals surface area contributed by atoms with Gasteiger partial charge in [0, 0.05) is 10.0 Å². The molecule has 2 N–H and O–H groups in total. The zero-order valence-corrected chi connectivity index (χ0v) is 14.0. The van der Waals surface area contributed by atoms with Crippen molar-refractivity contribution >= 4 is 51.2 Å². The highest BCUT2D eigenvalue weighted by atomic mass is 79.9. The zero-order chi connectivity index (χ0) is 16.1. The Balaban J connectivity index is 2.21. The maximum absolute atomic E-state index is 11.7. The number of nitrogens with one attached hydrogen (secondary N) is 2. The van der Waals surface area contributed by atoms with Gasteiger partial charge in [0.25, 0.3) is 5.91 Å². The fourth-order valence-electron chi connectivity index (χ4n) is 1.74. The standard InChI is InChI=1S/C14H13BrN2O4S/c1-2-20-12(18)7-21-11-4-3-9(15)5-8(11)6-10-13(19)17-14(22)16-10/h3-6H,2,7H2,1H3,(H2,16,17,19,22). The van der Waals surface area contributed by atoms with Crippen molar-refractivity contribution in [3.63, 3.8) is 0 Å². The van der Waals surface area contributed by atoms with Crippen molar-refractivity contribution in [2.24, 2.45) is 0 Å². The van der Waals surface area contributed by atoms with E-state index in [4.69, 9.17) is 21.7 Å². The van der Waals surface area contributed by atoms with Crippen LogP contribution in [0.3, 0.4) is 0 Å². The molecule has 0 unspecified atom stereocenters. The molecule has 1 saturated heterocycles. The number of carbonyl (C=O) groups is 2. The first-order chi connectivity index (χ1) is 10.5. The summed E-state index contributed by atoms with van der Waals surface area (Å²) in [5.74, 6) is -0.320. The molecule has 116 valence electrons. The summed E-state index contributed by atoms with van der Waals surface area (Å²) in [6.45, 7) is 1.81. The van der Waals surface area contributed by atoms with Crippen LogP contribution in [0.5, 0.6) is 5.75 Å². The van der Waals surface area contributed by atoms with E-state index in [0.717, 1.165) is 4.47 Å². The number of rotatable bonds is 5. The Labute approximate surface area is 141 Å². The molecule has 0 aromatic heterocycles. The first kappa shape index (κ1) is 16.4. The van der Waals surface area contributed by atoms with E-state index >= 15 is 0 Å². The third-order valence-electron chi connectivity index (χ3n) is 2.64. The van der Waals surface area contributed by atoms with Crippen LogP contribution in [0.1, 0.15) is 12.5 Å². The van der Waals surface area contributed by atoms with Crippen molar-refractivity contribution in [3.05, 3.63) is 33.9 Å². The fourth-order valence-corrected chi connectivity index (χ4v) is 2.32. The summed E-state index contributed by atoms with van der Waals surface area (Å²) in [6.07, 6.45) is 1.60. The fraction of sp³-hybridized carbons (Fsp3) is 0.214. The lowest BCUT2D eigenvalue weighted by atomic mass is 10.1. The van der Waals surface area contributed by atoms with Gasteiger partial charge >= 0.3 is 5.97 Å². The van der Waals surface area contributed by atoms with Gasteiger partial charge in [-0.25, -0.2) is 4.79 Å². The second-order valence-corrected chi connectivity index (χ2v) is 5.57. The second kappa shape index (κ2) is 7.37. The Morgan fingerprint density at radius 2 is 2.18 bits per heavy atom. The monoisotopic (exact) mass is 384 g/mol. The van der Waals surface area contributed by atoms with Crippen LogP contribution in [0.2, 0.25) is 0 Å². The van der Waals surface area contributed by atoms with Gasteiger partial charge in [0.05, 0.1) is 6.61 Å². The summed E-state index contributed by atoms with van der Waals surface area (Å²) >= 11 is 8.23. The van der Waals surface area contributed by atoms with Crippen molar-refractivity contribution in [3.8, 4) is 5.75 Å². The number of halogens is 1. The average molecular weight is 385 g/mol. The third kappa shape index (κ3) is 4.28. The Morgan fingerprint density at radius 3 is 2.82 bits per heavy atom. The minimum atomic E-state index is -0.457.